The molecule has 0 aliphatic heterocycles. The Morgan fingerprint density at radius 2 is 1.76 bits per heavy atom. The average molecular weight is 246 g/mol. The maximum absolute atomic E-state index is 13.2. The van der Waals surface area contributed by atoms with Crippen LogP contribution in [0, 0.1) is 17.5 Å². The summed E-state index contributed by atoms with van der Waals surface area (Å²) in [6, 6.07) is 1.62. The van der Waals surface area contributed by atoms with Crippen LogP contribution in [-0.2, 0) is 4.74 Å². The molecule has 0 aliphatic rings. The predicted octanol–water partition coefficient (Wildman–Crippen LogP) is 3.10. The van der Waals surface area contributed by atoms with Crippen molar-refractivity contribution in [2.45, 2.75) is 26.4 Å². The highest BCUT2D eigenvalue weighted by molar-refractivity contribution is 5.97. The molecule has 0 aromatic heterocycles. The van der Waals surface area contributed by atoms with E-state index in [0.29, 0.717) is 6.07 Å². The fourth-order valence-corrected chi connectivity index (χ4v) is 1.10. The predicted molar refractivity (Wildman–Crippen MR) is 56.4 cm³/mol. The van der Waals surface area contributed by atoms with Crippen LogP contribution in [0.2, 0.25) is 0 Å². The lowest BCUT2D eigenvalue weighted by Crippen LogP contribution is -2.24. The molecule has 0 unspecified atom stereocenters. The van der Waals surface area contributed by atoms with E-state index in [1.807, 2.05) is 0 Å². The molecule has 2 nitrogen and oxygen atoms in total. The number of hydrogen-bond donors (Lipinski definition) is 0. The second-order valence-electron chi connectivity index (χ2n) is 4.55. The molecule has 0 spiro atoms. The summed E-state index contributed by atoms with van der Waals surface area (Å²) in [5, 5.41) is 0. The van der Waals surface area contributed by atoms with Gasteiger partial charge in [0.05, 0.1) is 11.2 Å². The highest BCUT2D eigenvalue weighted by atomic mass is 19.2. The molecule has 0 bridgehead atoms. The Morgan fingerprint density at radius 1 is 1.18 bits per heavy atom. The van der Waals surface area contributed by atoms with E-state index in [1.165, 1.54) is 0 Å². The van der Waals surface area contributed by atoms with E-state index in [4.69, 9.17) is 4.74 Å². The lowest BCUT2D eigenvalue weighted by molar-refractivity contribution is 0.00286. The fraction of sp³-hybridized carbons (Fsp3) is 0.417. The minimum Gasteiger partial charge on any atom is -0.368 e. The summed E-state index contributed by atoms with van der Waals surface area (Å²) in [6.45, 7) is 4.79. The third-order valence-electron chi connectivity index (χ3n) is 1.97. The number of rotatable bonds is 3. The molecule has 0 heterocycles. The van der Waals surface area contributed by atoms with Crippen LogP contribution in [0.15, 0.2) is 12.1 Å². The number of carbonyl (C=O) groups is 1. The largest absolute Gasteiger partial charge is 0.368 e. The molecule has 0 aliphatic carbocycles. The summed E-state index contributed by atoms with van der Waals surface area (Å²) in [5.74, 6) is -5.17. The van der Waals surface area contributed by atoms with E-state index in [9.17, 15) is 18.0 Å². The standard InChI is InChI=1S/C12H13F3O2/c1-12(2,3)17-6-9(16)7-4-5-8(13)11(15)10(7)14/h4-5H,6H2,1-3H3. The molecule has 1 aromatic carbocycles. The van der Waals surface area contributed by atoms with Crippen LogP contribution in [0.3, 0.4) is 0 Å². The first-order chi connectivity index (χ1) is 7.72. The van der Waals surface area contributed by atoms with Crippen molar-refractivity contribution < 1.29 is 22.7 Å². The van der Waals surface area contributed by atoms with Gasteiger partial charge in [0.15, 0.2) is 23.2 Å². The van der Waals surface area contributed by atoms with Gasteiger partial charge in [-0.2, -0.15) is 0 Å². The molecular formula is C12H13F3O2. The smallest absolute Gasteiger partial charge is 0.195 e. The highest BCUT2D eigenvalue weighted by Crippen LogP contribution is 2.16. The molecule has 0 saturated carbocycles. The van der Waals surface area contributed by atoms with Crippen LogP contribution in [0.25, 0.3) is 0 Å². The number of hydrogen-bond acceptors (Lipinski definition) is 2. The van der Waals surface area contributed by atoms with Gasteiger partial charge in [0, 0.05) is 0 Å². The molecule has 17 heavy (non-hydrogen) atoms. The second kappa shape index (κ2) is 4.87. The van der Waals surface area contributed by atoms with Gasteiger partial charge in [-0.3, -0.25) is 4.79 Å². The van der Waals surface area contributed by atoms with Gasteiger partial charge in [-0.25, -0.2) is 13.2 Å². The van der Waals surface area contributed by atoms with Crippen molar-refractivity contribution in [1.29, 1.82) is 0 Å². The maximum atomic E-state index is 13.2. The van der Waals surface area contributed by atoms with Crippen LogP contribution in [0.5, 0.6) is 0 Å². The molecule has 0 fully saturated rings. The van der Waals surface area contributed by atoms with E-state index >= 15 is 0 Å². The first-order valence-corrected chi connectivity index (χ1v) is 5.03. The SMILES string of the molecule is CC(C)(C)OCC(=O)c1ccc(F)c(F)c1F. The van der Waals surface area contributed by atoms with Crippen LogP contribution in [0.1, 0.15) is 31.1 Å². The van der Waals surface area contributed by atoms with Crippen LogP contribution in [0.4, 0.5) is 13.2 Å². The van der Waals surface area contributed by atoms with E-state index in [-0.39, 0.29) is 6.61 Å². The monoisotopic (exact) mass is 246 g/mol. The molecule has 5 heteroatoms. The minimum absolute atomic E-state index is 0.383. The molecule has 1 aromatic rings. The van der Waals surface area contributed by atoms with Gasteiger partial charge in [0.1, 0.15) is 6.61 Å². The van der Waals surface area contributed by atoms with Crippen molar-refractivity contribution in [2.75, 3.05) is 6.61 Å². The Bertz CT molecular complexity index is 436. The minimum atomic E-state index is -1.65. The summed E-state index contributed by atoms with van der Waals surface area (Å²) in [5.41, 5.74) is -1.07. The van der Waals surface area contributed by atoms with Crippen molar-refractivity contribution in [3.63, 3.8) is 0 Å². The Labute approximate surface area is 97.4 Å². The van der Waals surface area contributed by atoms with Crippen molar-refractivity contribution in [3.05, 3.63) is 35.1 Å². The summed E-state index contributed by atoms with van der Waals surface area (Å²) >= 11 is 0. The summed E-state index contributed by atoms with van der Waals surface area (Å²) in [6.07, 6.45) is 0. The van der Waals surface area contributed by atoms with Gasteiger partial charge < -0.3 is 4.74 Å². The molecule has 94 valence electrons. The zero-order chi connectivity index (χ0) is 13.2. The molecule has 0 N–H and O–H groups in total. The van der Waals surface area contributed by atoms with Crippen LogP contribution in [-0.4, -0.2) is 18.0 Å². The van der Waals surface area contributed by atoms with Crippen molar-refractivity contribution in [1.82, 2.24) is 0 Å². The van der Waals surface area contributed by atoms with Crippen LogP contribution < -0.4 is 0 Å². The number of ketones is 1. The number of carbonyl (C=O) groups excluding carboxylic acids is 1. The lowest BCUT2D eigenvalue weighted by atomic mass is 10.1. The first-order valence-electron chi connectivity index (χ1n) is 5.03. The number of Topliss-reactive ketones (excluding diaryl/α,β-unsaturated/α-hetero) is 1. The van der Waals surface area contributed by atoms with Crippen molar-refractivity contribution in [3.8, 4) is 0 Å². The fourth-order valence-electron chi connectivity index (χ4n) is 1.10. The molecule has 0 amide bonds. The van der Waals surface area contributed by atoms with E-state index < -0.39 is 34.4 Å². The third-order valence-corrected chi connectivity index (χ3v) is 1.97. The highest BCUT2D eigenvalue weighted by Gasteiger charge is 2.20. The van der Waals surface area contributed by atoms with E-state index in [1.54, 1.807) is 20.8 Å². The molecule has 0 atom stereocenters. The molecule has 0 radical (unpaired) electrons. The molecule has 1 rings (SSSR count). The van der Waals surface area contributed by atoms with Gasteiger partial charge in [0.25, 0.3) is 0 Å². The normalized spacial score (nSPS) is 11.6. The van der Waals surface area contributed by atoms with Crippen molar-refractivity contribution >= 4 is 5.78 Å². The number of ether oxygens (including phenoxy) is 1. The number of benzene rings is 1. The topological polar surface area (TPSA) is 26.3 Å². The summed E-state index contributed by atoms with van der Waals surface area (Å²) < 4.78 is 43.9. The van der Waals surface area contributed by atoms with Gasteiger partial charge >= 0.3 is 0 Å². The lowest BCUT2D eigenvalue weighted by Gasteiger charge is -2.18. The van der Waals surface area contributed by atoms with Gasteiger partial charge in [-0.15, -0.1) is 0 Å². The van der Waals surface area contributed by atoms with E-state index in [2.05, 4.69) is 0 Å². The molecule has 0 saturated heterocycles. The Morgan fingerprint density at radius 3 is 2.29 bits per heavy atom. The number of halogens is 3. The van der Waals surface area contributed by atoms with Gasteiger partial charge in [0.2, 0.25) is 0 Å². The maximum Gasteiger partial charge on any atom is 0.195 e. The third kappa shape index (κ3) is 3.56. The zero-order valence-corrected chi connectivity index (χ0v) is 9.81. The van der Waals surface area contributed by atoms with Gasteiger partial charge in [-0.1, -0.05) is 0 Å². The van der Waals surface area contributed by atoms with Crippen molar-refractivity contribution in [2.24, 2.45) is 0 Å². The Kier molecular flexibility index (Phi) is 3.93. The Hall–Kier alpha value is -1.36. The molecular weight excluding hydrogens is 233 g/mol. The van der Waals surface area contributed by atoms with Gasteiger partial charge in [-0.05, 0) is 32.9 Å². The second-order valence-corrected chi connectivity index (χ2v) is 4.55. The quantitative estimate of drug-likeness (QED) is 0.605. The Balaban J connectivity index is 2.87. The summed E-state index contributed by atoms with van der Waals surface area (Å²) in [7, 11) is 0. The summed E-state index contributed by atoms with van der Waals surface area (Å²) in [4.78, 5) is 11.5. The van der Waals surface area contributed by atoms with Crippen LogP contribution >= 0.6 is 0 Å². The zero-order valence-electron chi connectivity index (χ0n) is 9.81. The van der Waals surface area contributed by atoms with E-state index in [0.717, 1.165) is 6.07 Å². The average Bonchev–Trinajstić information content (AvgIpc) is 2.22. The first kappa shape index (κ1) is 13.7.